The van der Waals surface area contributed by atoms with Crippen molar-refractivity contribution in [1.82, 2.24) is 0 Å². The van der Waals surface area contributed by atoms with Crippen molar-refractivity contribution in [2.45, 2.75) is 224 Å². The van der Waals surface area contributed by atoms with E-state index in [-0.39, 0.29) is 12.8 Å². The molecule has 1 aliphatic rings. The molecule has 0 aliphatic heterocycles. The predicted molar refractivity (Wildman–Crippen MR) is 261 cm³/mol. The standard InChI is InChI=1S/C47H85O19P3/c1-3-5-7-9-11-13-15-17-19-20-22-24-26-28-30-32-34-36-41(49)63-39(37-61-40(48)35-33-31-29-27-25-23-21-18-16-14-12-10-8-6-4-2)38-62-69(59,60)66-47-43(51)45(64-67(53,54)55)42(50)46(44(47)52)65-68(56,57)58/h11,13,17,19,22,24,28,30,39,42-47,50-52H,3-10,12,14-16,18,20-21,23,25-27,29,31-38H2,1-2H3,(H,59,60)(H2,53,54,55)(H2,56,57,58)/b13-11-,19-17-,24-22-,30-28-/t39-,42?,43+,44+,45-,46+,47?/m1/s1. The van der Waals surface area contributed by atoms with Crippen LogP contribution < -0.4 is 0 Å². The molecular weight excluding hydrogens is 961 g/mol. The largest absolute Gasteiger partial charge is 0.472 e. The Morgan fingerprint density at radius 3 is 1.26 bits per heavy atom. The van der Waals surface area contributed by atoms with Crippen LogP contribution in [0.1, 0.15) is 181 Å². The molecule has 69 heavy (non-hydrogen) atoms. The SMILES string of the molecule is CCCCC/C=C\C/C=C\C/C=C\C/C=C\CCCC(=O)O[C@H](COC(=O)CCCCCCCCCCCCCCCCC)COP(=O)(O)OC1[C@@H](O)[C@H](OP(=O)(O)O)C(O)[C@H](OP(=O)(O)O)[C@@H]1O. The van der Waals surface area contributed by atoms with Crippen molar-refractivity contribution < 1.29 is 90.6 Å². The molecule has 0 aromatic heterocycles. The summed E-state index contributed by atoms with van der Waals surface area (Å²) in [4.78, 5) is 73.3. The maximum atomic E-state index is 13.2. The number of carbonyl (C=O) groups excluding carboxylic acids is 2. The highest BCUT2D eigenvalue weighted by Crippen LogP contribution is 2.51. The Morgan fingerprint density at radius 1 is 0.464 bits per heavy atom. The first-order valence-corrected chi connectivity index (χ1v) is 29.5. The fraction of sp³-hybridized carbons (Fsp3) is 0.787. The quantitative estimate of drug-likeness (QED) is 0.0122. The van der Waals surface area contributed by atoms with Gasteiger partial charge in [-0.15, -0.1) is 0 Å². The molecule has 0 heterocycles. The lowest BCUT2D eigenvalue weighted by Crippen LogP contribution is -2.65. The van der Waals surface area contributed by atoms with E-state index in [0.29, 0.717) is 25.7 Å². The second-order valence-electron chi connectivity index (χ2n) is 17.4. The molecule has 0 amide bonds. The number of unbranched alkanes of at least 4 members (excludes halogenated alkanes) is 18. The normalized spacial score (nSPS) is 21.7. The monoisotopic (exact) mass is 1050 g/mol. The van der Waals surface area contributed by atoms with Gasteiger partial charge in [-0.3, -0.25) is 27.7 Å². The summed E-state index contributed by atoms with van der Waals surface area (Å²) in [6.45, 7) is 2.86. The lowest BCUT2D eigenvalue weighted by molar-refractivity contribution is -0.213. The predicted octanol–water partition coefficient (Wildman–Crippen LogP) is 9.40. The molecule has 8 N–H and O–H groups in total. The van der Waals surface area contributed by atoms with Crippen LogP contribution in [0.15, 0.2) is 48.6 Å². The summed E-state index contributed by atoms with van der Waals surface area (Å²) < 4.78 is 65.5. The summed E-state index contributed by atoms with van der Waals surface area (Å²) in [6.07, 6.45) is 25.5. The van der Waals surface area contributed by atoms with Crippen LogP contribution in [0.3, 0.4) is 0 Å². The maximum absolute atomic E-state index is 13.2. The van der Waals surface area contributed by atoms with E-state index in [1.165, 1.54) is 83.5 Å². The van der Waals surface area contributed by atoms with Crippen molar-refractivity contribution >= 4 is 35.4 Å². The third kappa shape index (κ3) is 35.0. The third-order valence-corrected chi connectivity index (χ3v) is 13.2. The van der Waals surface area contributed by atoms with Crippen LogP contribution in [0, 0.1) is 0 Å². The van der Waals surface area contributed by atoms with Gasteiger partial charge in [0.2, 0.25) is 0 Å². The van der Waals surface area contributed by atoms with Crippen LogP contribution in [-0.4, -0.2) is 108 Å². The van der Waals surface area contributed by atoms with E-state index >= 15 is 0 Å². The molecular formula is C47H85O19P3. The Kier molecular flexibility index (Phi) is 36.5. The number of carbonyl (C=O) groups is 2. The molecule has 22 heteroatoms. The topological polar surface area (TPSA) is 303 Å². The van der Waals surface area contributed by atoms with Gasteiger partial charge in [-0.05, 0) is 51.4 Å². The van der Waals surface area contributed by atoms with Gasteiger partial charge in [-0.1, -0.05) is 165 Å². The second-order valence-corrected chi connectivity index (χ2v) is 21.2. The minimum Gasteiger partial charge on any atom is -0.462 e. The number of phosphoric ester groups is 3. The summed E-state index contributed by atoms with van der Waals surface area (Å²) in [6, 6.07) is 0. The number of allylic oxidation sites excluding steroid dienone is 8. The van der Waals surface area contributed by atoms with E-state index in [1.54, 1.807) is 0 Å². The molecule has 19 nitrogen and oxygen atoms in total. The van der Waals surface area contributed by atoms with Crippen molar-refractivity contribution in [2.24, 2.45) is 0 Å². The number of esters is 2. The molecule has 1 saturated carbocycles. The van der Waals surface area contributed by atoms with Crippen molar-refractivity contribution in [3.8, 4) is 0 Å². The number of ether oxygens (including phenoxy) is 2. The van der Waals surface area contributed by atoms with Crippen LogP contribution in [0.5, 0.6) is 0 Å². The molecule has 0 bridgehead atoms. The van der Waals surface area contributed by atoms with Crippen LogP contribution in [0.4, 0.5) is 0 Å². The fourth-order valence-electron chi connectivity index (χ4n) is 7.40. The van der Waals surface area contributed by atoms with Crippen LogP contribution in [0.2, 0.25) is 0 Å². The lowest BCUT2D eigenvalue weighted by Gasteiger charge is -2.44. The summed E-state index contributed by atoms with van der Waals surface area (Å²) in [5.74, 6) is -1.37. The van der Waals surface area contributed by atoms with E-state index in [9.17, 15) is 63.1 Å². The average Bonchev–Trinajstić information content (AvgIpc) is 3.28. The second kappa shape index (κ2) is 38.7. The minimum absolute atomic E-state index is 0.0649. The van der Waals surface area contributed by atoms with Gasteiger partial charge in [0.05, 0.1) is 6.61 Å². The summed E-state index contributed by atoms with van der Waals surface area (Å²) >= 11 is 0. The molecule has 1 fully saturated rings. The summed E-state index contributed by atoms with van der Waals surface area (Å²) in [7, 11) is -16.6. The Labute approximate surface area is 410 Å². The molecule has 0 saturated heterocycles. The van der Waals surface area contributed by atoms with Gasteiger partial charge in [-0.25, -0.2) is 13.7 Å². The Hall–Kier alpha value is -1.89. The molecule has 8 atom stereocenters. The minimum atomic E-state index is -5.56. The fourth-order valence-corrected chi connectivity index (χ4v) is 9.51. The Morgan fingerprint density at radius 2 is 0.826 bits per heavy atom. The zero-order valence-electron chi connectivity index (χ0n) is 40.9. The highest BCUT2D eigenvalue weighted by atomic mass is 31.2. The van der Waals surface area contributed by atoms with Crippen LogP contribution in [0.25, 0.3) is 0 Å². The summed E-state index contributed by atoms with van der Waals surface area (Å²) in [5, 5.41) is 31.9. The summed E-state index contributed by atoms with van der Waals surface area (Å²) in [5.41, 5.74) is 0. The lowest BCUT2D eigenvalue weighted by atomic mass is 9.85. The molecule has 402 valence electrons. The van der Waals surface area contributed by atoms with Gasteiger partial charge < -0.3 is 49.3 Å². The van der Waals surface area contributed by atoms with E-state index < -0.39 is 91.3 Å². The first kappa shape index (κ1) is 65.1. The highest BCUT2D eigenvalue weighted by Gasteiger charge is 2.56. The molecule has 1 rings (SSSR count). The smallest absolute Gasteiger partial charge is 0.462 e. The number of hydrogen-bond acceptors (Lipinski definition) is 14. The molecule has 3 unspecified atom stereocenters. The van der Waals surface area contributed by atoms with Gasteiger partial charge in [0.15, 0.2) is 6.10 Å². The van der Waals surface area contributed by atoms with E-state index in [0.717, 1.165) is 44.9 Å². The highest BCUT2D eigenvalue weighted by molar-refractivity contribution is 7.47. The number of phosphoric acid groups is 3. The van der Waals surface area contributed by atoms with E-state index in [1.807, 2.05) is 18.2 Å². The molecule has 0 spiro atoms. The van der Waals surface area contributed by atoms with Gasteiger partial charge in [0, 0.05) is 12.8 Å². The molecule has 0 radical (unpaired) electrons. The van der Waals surface area contributed by atoms with Crippen molar-refractivity contribution in [3.05, 3.63) is 48.6 Å². The molecule has 0 aromatic rings. The zero-order chi connectivity index (χ0) is 51.4. The number of aliphatic hydroxyl groups is 3. The van der Waals surface area contributed by atoms with Crippen molar-refractivity contribution in [1.29, 1.82) is 0 Å². The van der Waals surface area contributed by atoms with E-state index in [2.05, 4.69) is 53.3 Å². The van der Waals surface area contributed by atoms with Crippen LogP contribution in [-0.2, 0) is 50.9 Å². The average molecular weight is 1050 g/mol. The number of aliphatic hydroxyl groups excluding tert-OH is 3. The zero-order valence-corrected chi connectivity index (χ0v) is 43.6. The number of hydrogen-bond donors (Lipinski definition) is 8. The third-order valence-electron chi connectivity index (χ3n) is 11.1. The Bertz CT molecular complexity index is 1590. The van der Waals surface area contributed by atoms with Crippen LogP contribution >= 0.6 is 23.5 Å². The Balaban J connectivity index is 2.77. The molecule has 1 aliphatic carbocycles. The van der Waals surface area contributed by atoms with Gasteiger partial charge in [0.1, 0.15) is 43.2 Å². The van der Waals surface area contributed by atoms with Gasteiger partial charge >= 0.3 is 35.4 Å². The number of rotatable bonds is 42. The van der Waals surface area contributed by atoms with E-state index in [4.69, 9.17) is 18.5 Å². The van der Waals surface area contributed by atoms with Gasteiger partial charge in [-0.2, -0.15) is 0 Å². The van der Waals surface area contributed by atoms with Gasteiger partial charge in [0.25, 0.3) is 0 Å². The molecule has 0 aromatic carbocycles. The van der Waals surface area contributed by atoms with Crippen molar-refractivity contribution in [2.75, 3.05) is 13.2 Å². The maximum Gasteiger partial charge on any atom is 0.472 e. The first-order valence-electron chi connectivity index (χ1n) is 24.9. The van der Waals surface area contributed by atoms with Crippen molar-refractivity contribution in [3.63, 3.8) is 0 Å². The first-order chi connectivity index (χ1) is 32.8.